The molecule has 6 nitrogen and oxygen atoms in total. The van der Waals surface area contributed by atoms with Crippen LogP contribution in [0.25, 0.3) is 0 Å². The van der Waals surface area contributed by atoms with Crippen LogP contribution in [-0.2, 0) is 6.54 Å². The van der Waals surface area contributed by atoms with Crippen molar-refractivity contribution in [2.24, 2.45) is 4.99 Å². The second-order valence-electron chi connectivity index (χ2n) is 6.38. The number of carbonyl (C=O) groups is 1. The summed E-state index contributed by atoms with van der Waals surface area (Å²) in [4.78, 5) is 19.8. The van der Waals surface area contributed by atoms with Gasteiger partial charge in [-0.3, -0.25) is 9.79 Å². The molecule has 0 unspecified atom stereocenters. The molecule has 2 rings (SSSR count). The van der Waals surface area contributed by atoms with E-state index in [0.29, 0.717) is 25.3 Å². The van der Waals surface area contributed by atoms with Gasteiger partial charge in [-0.2, -0.15) is 0 Å². The van der Waals surface area contributed by atoms with E-state index in [4.69, 9.17) is 4.74 Å². The molecule has 1 N–H and O–H groups in total. The number of hydrogen-bond donors (Lipinski definition) is 1. The zero-order valence-electron chi connectivity index (χ0n) is 16.5. The molecule has 0 aliphatic heterocycles. The Hall–Kier alpha value is -3.02. The molecule has 0 spiro atoms. The molecule has 0 saturated heterocycles. The van der Waals surface area contributed by atoms with E-state index in [0.717, 1.165) is 17.3 Å². The highest BCUT2D eigenvalue weighted by Crippen LogP contribution is 2.08. The minimum absolute atomic E-state index is 0.00321. The summed E-state index contributed by atoms with van der Waals surface area (Å²) in [5, 5.41) is 3.33. The van der Waals surface area contributed by atoms with Crippen LogP contribution in [0.3, 0.4) is 0 Å². The molecule has 0 bridgehead atoms. The lowest BCUT2D eigenvalue weighted by molar-refractivity contribution is 0.0827. The van der Waals surface area contributed by atoms with Gasteiger partial charge >= 0.3 is 0 Å². The monoisotopic (exact) mass is 368 g/mol. The van der Waals surface area contributed by atoms with Gasteiger partial charge in [0, 0.05) is 40.3 Å². The highest BCUT2D eigenvalue weighted by molar-refractivity contribution is 5.93. The summed E-state index contributed by atoms with van der Waals surface area (Å²) in [6.45, 7) is 1.92. The summed E-state index contributed by atoms with van der Waals surface area (Å²) in [6, 6.07) is 17.4. The average Bonchev–Trinajstić information content (AvgIpc) is 2.69. The van der Waals surface area contributed by atoms with Crippen LogP contribution in [0, 0.1) is 0 Å². The fraction of sp³-hybridized carbons (Fsp3) is 0.333. The third-order valence-electron chi connectivity index (χ3n) is 4.07. The van der Waals surface area contributed by atoms with E-state index in [-0.39, 0.29) is 5.91 Å². The summed E-state index contributed by atoms with van der Waals surface area (Å²) in [7, 11) is 7.23. The number of carbonyl (C=O) groups excluding carboxylic acids is 1. The van der Waals surface area contributed by atoms with Gasteiger partial charge in [-0.1, -0.05) is 30.3 Å². The van der Waals surface area contributed by atoms with Crippen LogP contribution in [0.4, 0.5) is 0 Å². The van der Waals surface area contributed by atoms with Crippen LogP contribution in [0.1, 0.15) is 15.9 Å². The van der Waals surface area contributed by atoms with Gasteiger partial charge < -0.3 is 19.9 Å². The van der Waals surface area contributed by atoms with Crippen molar-refractivity contribution in [1.82, 2.24) is 15.1 Å². The summed E-state index contributed by atoms with van der Waals surface area (Å²) >= 11 is 0. The Kier molecular flexibility index (Phi) is 7.67. The maximum atomic E-state index is 11.9. The number of likely N-dealkylation sites (N-methyl/N-ethyl adjacent to an activating group) is 1. The largest absolute Gasteiger partial charge is 0.492 e. The highest BCUT2D eigenvalue weighted by Gasteiger charge is 2.08. The number of ether oxygens (including phenoxy) is 1. The maximum absolute atomic E-state index is 11.9. The van der Waals surface area contributed by atoms with Crippen LogP contribution in [-0.4, -0.2) is 63.0 Å². The van der Waals surface area contributed by atoms with Crippen molar-refractivity contribution in [3.8, 4) is 5.75 Å². The third kappa shape index (κ3) is 6.33. The highest BCUT2D eigenvalue weighted by atomic mass is 16.5. The minimum Gasteiger partial charge on any atom is -0.492 e. The van der Waals surface area contributed by atoms with Crippen molar-refractivity contribution in [3.05, 3.63) is 65.7 Å². The molecule has 6 heteroatoms. The second-order valence-corrected chi connectivity index (χ2v) is 6.38. The molecule has 2 aromatic carbocycles. The standard InChI is InChI=1S/C21H28N4O2/c1-22-21(25(4)14-15-27-19-8-6-5-7-9-19)23-16-17-10-12-18(13-11-17)20(26)24(2)3/h5-13H,14-16H2,1-4H3,(H,22,23). The van der Waals surface area contributed by atoms with Gasteiger partial charge in [-0.15, -0.1) is 0 Å². The number of aliphatic imine (C=N–C) groups is 1. The van der Waals surface area contributed by atoms with E-state index in [1.807, 2.05) is 66.5 Å². The molecule has 0 aromatic heterocycles. The Balaban J connectivity index is 1.81. The Morgan fingerprint density at radius 3 is 2.30 bits per heavy atom. The molecule has 2 aromatic rings. The summed E-state index contributed by atoms with van der Waals surface area (Å²) < 4.78 is 5.73. The van der Waals surface area contributed by atoms with E-state index >= 15 is 0 Å². The summed E-state index contributed by atoms with van der Waals surface area (Å²) in [5.74, 6) is 1.66. The number of benzene rings is 2. The predicted molar refractivity (Wildman–Crippen MR) is 109 cm³/mol. The first-order valence-electron chi connectivity index (χ1n) is 8.91. The number of para-hydroxylation sites is 1. The first kappa shape index (κ1) is 20.3. The Morgan fingerprint density at radius 2 is 1.70 bits per heavy atom. The van der Waals surface area contributed by atoms with Gasteiger partial charge in [0.1, 0.15) is 12.4 Å². The Morgan fingerprint density at radius 1 is 1.04 bits per heavy atom. The molecule has 0 radical (unpaired) electrons. The molecule has 0 heterocycles. The van der Waals surface area contributed by atoms with Crippen LogP contribution in [0.5, 0.6) is 5.75 Å². The van der Waals surface area contributed by atoms with Crippen LogP contribution >= 0.6 is 0 Å². The van der Waals surface area contributed by atoms with Gasteiger partial charge in [0.15, 0.2) is 5.96 Å². The SMILES string of the molecule is CN=C(NCc1ccc(C(=O)N(C)C)cc1)N(C)CCOc1ccccc1. The summed E-state index contributed by atoms with van der Waals surface area (Å²) in [5.41, 5.74) is 1.77. The fourth-order valence-electron chi connectivity index (χ4n) is 2.51. The Labute approximate surface area is 161 Å². The number of guanidine groups is 1. The maximum Gasteiger partial charge on any atom is 0.253 e. The average molecular weight is 368 g/mol. The van der Waals surface area contributed by atoms with Crippen molar-refractivity contribution in [3.63, 3.8) is 0 Å². The molecular formula is C21H28N4O2. The summed E-state index contributed by atoms with van der Waals surface area (Å²) in [6.07, 6.45) is 0. The van der Waals surface area contributed by atoms with E-state index < -0.39 is 0 Å². The second kappa shape index (κ2) is 10.2. The first-order valence-corrected chi connectivity index (χ1v) is 8.91. The molecule has 27 heavy (non-hydrogen) atoms. The van der Waals surface area contributed by atoms with Gasteiger partial charge in [0.2, 0.25) is 0 Å². The zero-order valence-corrected chi connectivity index (χ0v) is 16.5. The molecule has 0 saturated carbocycles. The lowest BCUT2D eigenvalue weighted by Gasteiger charge is -2.22. The lowest BCUT2D eigenvalue weighted by atomic mass is 10.1. The zero-order chi connectivity index (χ0) is 19.6. The van der Waals surface area contributed by atoms with Crippen LogP contribution in [0.2, 0.25) is 0 Å². The molecule has 1 amide bonds. The fourth-order valence-corrected chi connectivity index (χ4v) is 2.51. The smallest absolute Gasteiger partial charge is 0.253 e. The minimum atomic E-state index is 0.00321. The number of nitrogens with one attached hydrogen (secondary N) is 1. The van der Waals surface area contributed by atoms with Crippen molar-refractivity contribution in [2.75, 3.05) is 41.3 Å². The van der Waals surface area contributed by atoms with E-state index in [1.54, 1.807) is 26.0 Å². The molecular weight excluding hydrogens is 340 g/mol. The topological polar surface area (TPSA) is 57.2 Å². The van der Waals surface area contributed by atoms with Crippen molar-refractivity contribution in [2.45, 2.75) is 6.54 Å². The molecule has 0 fully saturated rings. The number of hydrogen-bond acceptors (Lipinski definition) is 3. The predicted octanol–water partition coefficient (Wildman–Crippen LogP) is 2.47. The van der Waals surface area contributed by atoms with Crippen molar-refractivity contribution < 1.29 is 9.53 Å². The van der Waals surface area contributed by atoms with Crippen molar-refractivity contribution >= 4 is 11.9 Å². The number of amides is 1. The van der Waals surface area contributed by atoms with Crippen LogP contribution in [0.15, 0.2) is 59.6 Å². The molecule has 0 aliphatic carbocycles. The molecule has 0 atom stereocenters. The van der Waals surface area contributed by atoms with Gasteiger partial charge in [0.05, 0.1) is 6.54 Å². The van der Waals surface area contributed by atoms with Crippen LogP contribution < -0.4 is 10.1 Å². The Bertz CT molecular complexity index is 743. The van der Waals surface area contributed by atoms with E-state index in [9.17, 15) is 4.79 Å². The normalized spacial score (nSPS) is 11.0. The quantitative estimate of drug-likeness (QED) is 0.603. The lowest BCUT2D eigenvalue weighted by Crippen LogP contribution is -2.40. The van der Waals surface area contributed by atoms with Gasteiger partial charge in [-0.05, 0) is 29.8 Å². The number of nitrogens with zero attached hydrogens (tertiary/aromatic N) is 3. The third-order valence-corrected chi connectivity index (χ3v) is 4.07. The first-order chi connectivity index (χ1) is 13.0. The van der Waals surface area contributed by atoms with Gasteiger partial charge in [-0.25, -0.2) is 0 Å². The van der Waals surface area contributed by atoms with Gasteiger partial charge in [0.25, 0.3) is 5.91 Å². The van der Waals surface area contributed by atoms with Crippen molar-refractivity contribution in [1.29, 1.82) is 0 Å². The number of rotatable bonds is 7. The van der Waals surface area contributed by atoms with E-state index in [2.05, 4.69) is 10.3 Å². The molecule has 144 valence electrons. The molecule has 0 aliphatic rings. The van der Waals surface area contributed by atoms with E-state index in [1.165, 1.54) is 0 Å².